The number of hydrogen-bond acceptors (Lipinski definition) is 5. The third-order valence-electron chi connectivity index (χ3n) is 2.87. The quantitative estimate of drug-likeness (QED) is 0.776. The Bertz CT molecular complexity index is 463. The van der Waals surface area contributed by atoms with E-state index in [0.717, 1.165) is 5.69 Å². The van der Waals surface area contributed by atoms with Crippen molar-refractivity contribution in [2.75, 3.05) is 5.73 Å². The first-order chi connectivity index (χ1) is 8.45. The van der Waals surface area contributed by atoms with Crippen molar-refractivity contribution in [2.45, 2.75) is 33.2 Å². The van der Waals surface area contributed by atoms with Gasteiger partial charge in [-0.3, -0.25) is 14.5 Å². The van der Waals surface area contributed by atoms with Crippen molar-refractivity contribution >= 4 is 17.6 Å². The minimum atomic E-state index is -0.164. The number of nitrogens with zero attached hydrogens (tertiary/aromatic N) is 3. The van der Waals surface area contributed by atoms with E-state index in [1.165, 1.54) is 4.90 Å². The highest BCUT2D eigenvalue weighted by Crippen LogP contribution is 2.20. The zero-order valence-corrected chi connectivity index (χ0v) is 10.5. The first-order valence-electron chi connectivity index (χ1n) is 5.89. The Balaban J connectivity index is 2.17. The van der Waals surface area contributed by atoms with Crippen molar-refractivity contribution in [3.63, 3.8) is 0 Å². The number of nitrogens with two attached hydrogens (primary N) is 1. The van der Waals surface area contributed by atoms with E-state index in [2.05, 4.69) is 9.97 Å². The lowest BCUT2D eigenvalue weighted by Gasteiger charge is -2.27. The van der Waals surface area contributed by atoms with Crippen molar-refractivity contribution < 1.29 is 9.59 Å². The standard InChI is InChI=1S/C12H16N4O2/c1-7-3-11(17)16(12(18)4-7)6-10-14-8(2)5-9(13)15-10/h5,7H,3-4,6H2,1-2H3,(H2,13,14,15). The number of likely N-dealkylation sites (tertiary alicyclic amines) is 1. The van der Waals surface area contributed by atoms with E-state index in [1.807, 2.05) is 6.92 Å². The molecule has 1 fully saturated rings. The number of aromatic nitrogens is 2. The summed E-state index contributed by atoms with van der Waals surface area (Å²) >= 11 is 0. The first kappa shape index (κ1) is 12.5. The van der Waals surface area contributed by atoms with Gasteiger partial charge in [0.05, 0.1) is 6.54 Å². The van der Waals surface area contributed by atoms with E-state index >= 15 is 0 Å². The molecule has 6 heteroatoms. The summed E-state index contributed by atoms with van der Waals surface area (Å²) in [5.74, 6) is 0.543. The number of hydrogen-bond donors (Lipinski definition) is 1. The SMILES string of the molecule is Cc1cc(N)nc(CN2C(=O)CC(C)CC2=O)n1. The molecule has 0 unspecified atom stereocenters. The average Bonchev–Trinajstić information content (AvgIpc) is 2.22. The number of anilines is 1. The van der Waals surface area contributed by atoms with Crippen LogP contribution in [0.25, 0.3) is 0 Å². The molecule has 6 nitrogen and oxygen atoms in total. The van der Waals surface area contributed by atoms with Crippen molar-refractivity contribution in [3.05, 3.63) is 17.6 Å². The molecule has 2 heterocycles. The van der Waals surface area contributed by atoms with Crippen molar-refractivity contribution in [1.82, 2.24) is 14.9 Å². The Labute approximate surface area is 105 Å². The number of carbonyl (C=O) groups excluding carboxylic acids is 2. The van der Waals surface area contributed by atoms with Crippen LogP contribution in [0.3, 0.4) is 0 Å². The molecule has 2 amide bonds. The molecule has 1 aromatic rings. The van der Waals surface area contributed by atoms with Crippen LogP contribution in [0.1, 0.15) is 31.3 Å². The third-order valence-corrected chi connectivity index (χ3v) is 2.87. The number of rotatable bonds is 2. The smallest absolute Gasteiger partial charge is 0.229 e. The largest absolute Gasteiger partial charge is 0.384 e. The molecule has 0 radical (unpaired) electrons. The zero-order chi connectivity index (χ0) is 13.3. The fourth-order valence-electron chi connectivity index (χ4n) is 2.07. The number of nitrogen functional groups attached to an aromatic ring is 1. The predicted molar refractivity (Wildman–Crippen MR) is 65.1 cm³/mol. The van der Waals surface area contributed by atoms with Gasteiger partial charge < -0.3 is 5.73 Å². The molecule has 1 aliphatic rings. The zero-order valence-electron chi connectivity index (χ0n) is 10.5. The molecule has 1 aliphatic heterocycles. The number of carbonyl (C=O) groups is 2. The summed E-state index contributed by atoms with van der Waals surface area (Å²) in [5, 5.41) is 0. The minimum absolute atomic E-state index is 0.107. The minimum Gasteiger partial charge on any atom is -0.384 e. The summed E-state index contributed by atoms with van der Waals surface area (Å²) in [4.78, 5) is 33.0. The van der Waals surface area contributed by atoms with Gasteiger partial charge in [0.2, 0.25) is 11.8 Å². The van der Waals surface area contributed by atoms with Gasteiger partial charge in [-0.2, -0.15) is 0 Å². The van der Waals surface area contributed by atoms with Gasteiger partial charge >= 0.3 is 0 Å². The summed E-state index contributed by atoms with van der Waals surface area (Å²) < 4.78 is 0. The highest BCUT2D eigenvalue weighted by atomic mass is 16.2. The lowest BCUT2D eigenvalue weighted by Crippen LogP contribution is -2.42. The molecule has 1 aromatic heterocycles. The van der Waals surface area contributed by atoms with Crippen LogP contribution in [-0.2, 0) is 16.1 Å². The van der Waals surface area contributed by atoms with E-state index in [4.69, 9.17) is 5.73 Å². The van der Waals surface area contributed by atoms with E-state index in [0.29, 0.717) is 24.5 Å². The van der Waals surface area contributed by atoms with E-state index in [9.17, 15) is 9.59 Å². The molecule has 0 atom stereocenters. The van der Waals surface area contributed by atoms with Gasteiger partial charge in [-0.25, -0.2) is 9.97 Å². The van der Waals surface area contributed by atoms with Gasteiger partial charge in [0.15, 0.2) is 5.82 Å². The molecular formula is C12H16N4O2. The molecule has 0 spiro atoms. The Kier molecular flexibility index (Phi) is 3.27. The molecule has 0 aromatic carbocycles. The van der Waals surface area contributed by atoms with Crippen molar-refractivity contribution in [2.24, 2.45) is 5.92 Å². The van der Waals surface area contributed by atoms with Gasteiger partial charge in [-0.05, 0) is 12.8 Å². The Morgan fingerprint density at radius 2 is 1.94 bits per heavy atom. The topological polar surface area (TPSA) is 89.2 Å². The number of amides is 2. The highest BCUT2D eigenvalue weighted by molar-refractivity contribution is 5.97. The molecule has 96 valence electrons. The maximum atomic E-state index is 11.8. The molecular weight excluding hydrogens is 232 g/mol. The van der Waals surface area contributed by atoms with E-state index in [-0.39, 0.29) is 24.3 Å². The van der Waals surface area contributed by atoms with Crippen LogP contribution in [0.2, 0.25) is 0 Å². The Morgan fingerprint density at radius 3 is 2.50 bits per heavy atom. The number of aryl methyl sites for hydroxylation is 1. The van der Waals surface area contributed by atoms with Crippen LogP contribution < -0.4 is 5.73 Å². The van der Waals surface area contributed by atoms with Crippen molar-refractivity contribution in [1.29, 1.82) is 0 Å². The Morgan fingerprint density at radius 1 is 1.33 bits per heavy atom. The second-order valence-corrected chi connectivity index (χ2v) is 4.74. The monoisotopic (exact) mass is 248 g/mol. The lowest BCUT2D eigenvalue weighted by molar-refractivity contribution is -0.150. The van der Waals surface area contributed by atoms with Crippen LogP contribution in [0.5, 0.6) is 0 Å². The highest BCUT2D eigenvalue weighted by Gasteiger charge is 2.30. The van der Waals surface area contributed by atoms with Gasteiger partial charge in [0.1, 0.15) is 5.82 Å². The van der Waals surface area contributed by atoms with E-state index < -0.39 is 0 Å². The lowest BCUT2D eigenvalue weighted by atomic mass is 9.98. The molecule has 1 saturated heterocycles. The molecule has 18 heavy (non-hydrogen) atoms. The second-order valence-electron chi connectivity index (χ2n) is 4.74. The summed E-state index contributed by atoms with van der Waals surface area (Å²) in [5.41, 5.74) is 6.34. The maximum absolute atomic E-state index is 11.8. The first-order valence-corrected chi connectivity index (χ1v) is 5.89. The van der Waals surface area contributed by atoms with Gasteiger partial charge in [0, 0.05) is 24.6 Å². The number of piperidine rings is 1. The normalized spacial score (nSPS) is 17.3. The van der Waals surface area contributed by atoms with Crippen LogP contribution in [0.4, 0.5) is 5.82 Å². The molecule has 2 N–H and O–H groups in total. The van der Waals surface area contributed by atoms with E-state index in [1.54, 1.807) is 13.0 Å². The fourth-order valence-corrected chi connectivity index (χ4v) is 2.07. The summed E-state index contributed by atoms with van der Waals surface area (Å²) in [6.45, 7) is 3.80. The fraction of sp³-hybridized carbons (Fsp3) is 0.500. The molecule has 2 rings (SSSR count). The summed E-state index contributed by atoms with van der Waals surface area (Å²) in [6.07, 6.45) is 0.792. The van der Waals surface area contributed by atoms with Crippen LogP contribution >= 0.6 is 0 Å². The molecule has 0 bridgehead atoms. The molecule has 0 saturated carbocycles. The maximum Gasteiger partial charge on any atom is 0.229 e. The molecule has 0 aliphatic carbocycles. The van der Waals surface area contributed by atoms with Crippen LogP contribution in [0.15, 0.2) is 6.07 Å². The van der Waals surface area contributed by atoms with Gasteiger partial charge in [-0.15, -0.1) is 0 Å². The van der Waals surface area contributed by atoms with Crippen LogP contribution in [0, 0.1) is 12.8 Å². The predicted octanol–water partition coefficient (Wildman–Crippen LogP) is 0.652. The third kappa shape index (κ3) is 2.64. The summed E-state index contributed by atoms with van der Waals surface area (Å²) in [7, 11) is 0. The van der Waals surface area contributed by atoms with Crippen molar-refractivity contribution in [3.8, 4) is 0 Å². The summed E-state index contributed by atoms with van der Waals surface area (Å²) in [6, 6.07) is 1.64. The number of imide groups is 1. The van der Waals surface area contributed by atoms with Gasteiger partial charge in [0.25, 0.3) is 0 Å². The Hall–Kier alpha value is -1.98. The average molecular weight is 248 g/mol. The second kappa shape index (κ2) is 4.72. The van der Waals surface area contributed by atoms with Gasteiger partial charge in [-0.1, -0.05) is 6.92 Å². The van der Waals surface area contributed by atoms with Crippen LogP contribution in [-0.4, -0.2) is 26.7 Å².